The van der Waals surface area contributed by atoms with Gasteiger partial charge in [0.2, 0.25) is 0 Å². The maximum atomic E-state index is 7.99. The molecule has 0 aromatic heterocycles. The summed E-state index contributed by atoms with van der Waals surface area (Å²) in [7, 11) is 0. The number of rotatable bonds is 5. The molecule has 60 valence electrons. The van der Waals surface area contributed by atoms with Crippen LogP contribution in [0.1, 0.15) is 49.2 Å². The first-order valence-corrected chi connectivity index (χ1v) is 4.08. The van der Waals surface area contributed by atoms with E-state index in [1.807, 2.05) is 0 Å². The molecule has 0 aromatic rings. The third kappa shape index (κ3) is 3.71. The molecule has 0 saturated heterocycles. The molecule has 0 spiro atoms. The van der Waals surface area contributed by atoms with Crippen LogP contribution in [0.25, 0.3) is 0 Å². The Balaban J connectivity index is 4.18. The second-order valence-corrected chi connectivity index (χ2v) is 2.71. The molecule has 0 aliphatic carbocycles. The fourth-order valence-corrected chi connectivity index (χ4v) is 0.957. The quantitative estimate of drug-likeness (QED) is 0.512. The van der Waals surface area contributed by atoms with Crippen LogP contribution >= 0.6 is 0 Å². The molecule has 1 atom stereocenters. The largest absolute Gasteiger partial charge is 0.0996 e. The van der Waals surface area contributed by atoms with E-state index in [9.17, 15) is 0 Å². The van der Waals surface area contributed by atoms with Crippen LogP contribution in [0.15, 0.2) is 12.2 Å². The van der Waals surface area contributed by atoms with Gasteiger partial charge in [0, 0.05) is 2.74 Å². The first-order chi connectivity index (χ1) is 5.60. The van der Waals surface area contributed by atoms with Gasteiger partial charge in [-0.05, 0) is 18.7 Å². The number of hydrogen-bond acceptors (Lipinski definition) is 0. The van der Waals surface area contributed by atoms with Gasteiger partial charge >= 0.3 is 0 Å². The summed E-state index contributed by atoms with van der Waals surface area (Å²) in [5.74, 6) is -0.676. The van der Waals surface area contributed by atoms with Gasteiger partial charge in [-0.1, -0.05) is 45.7 Å². The summed E-state index contributed by atoms with van der Waals surface area (Å²) < 4.78 is 15.3. The summed E-state index contributed by atoms with van der Waals surface area (Å²) >= 11 is 0. The summed E-state index contributed by atoms with van der Waals surface area (Å²) in [5, 5.41) is 0. The van der Waals surface area contributed by atoms with Crippen molar-refractivity contribution in [1.29, 1.82) is 0 Å². The van der Waals surface area contributed by atoms with Crippen molar-refractivity contribution in [2.75, 3.05) is 0 Å². The molecule has 0 fully saturated rings. The van der Waals surface area contributed by atoms with Crippen molar-refractivity contribution in [1.82, 2.24) is 0 Å². The Morgan fingerprint density at radius 2 is 2.30 bits per heavy atom. The minimum atomic E-state index is -0.676. The van der Waals surface area contributed by atoms with E-state index < -0.39 is 5.89 Å². The summed E-state index contributed by atoms with van der Waals surface area (Å²) in [4.78, 5) is 0. The lowest BCUT2D eigenvalue weighted by Crippen LogP contribution is -1.96. The van der Waals surface area contributed by atoms with Gasteiger partial charge in [-0.15, -0.1) is 0 Å². The Kier molecular flexibility index (Phi) is 3.56. The molecule has 0 heteroatoms. The average molecular weight is 142 g/mol. The van der Waals surface area contributed by atoms with Crippen molar-refractivity contribution >= 4 is 0 Å². The SMILES string of the molecule is [2H]CC([2H])(CCC)C(=C)CCC. The second-order valence-electron chi connectivity index (χ2n) is 2.71. The maximum Gasteiger partial charge on any atom is 0.0346 e. The van der Waals surface area contributed by atoms with Crippen LogP contribution in [0.3, 0.4) is 0 Å². The van der Waals surface area contributed by atoms with E-state index in [4.69, 9.17) is 2.74 Å². The highest BCUT2D eigenvalue weighted by Gasteiger charge is 2.02. The summed E-state index contributed by atoms with van der Waals surface area (Å²) in [6, 6.07) is 0. The van der Waals surface area contributed by atoms with E-state index in [1.54, 1.807) is 0 Å². The molecule has 0 aliphatic heterocycles. The van der Waals surface area contributed by atoms with Crippen LogP contribution in [0, 0.1) is 5.89 Å². The van der Waals surface area contributed by atoms with Gasteiger partial charge in [0.05, 0.1) is 0 Å². The van der Waals surface area contributed by atoms with E-state index >= 15 is 0 Å². The minimum Gasteiger partial charge on any atom is -0.0996 e. The van der Waals surface area contributed by atoms with E-state index in [0.29, 0.717) is 0 Å². The monoisotopic (exact) mass is 142 g/mol. The Labute approximate surface area is 68.1 Å². The molecular formula is C10H20. The van der Waals surface area contributed by atoms with E-state index in [-0.39, 0.29) is 6.90 Å². The first kappa shape index (κ1) is 6.45. The van der Waals surface area contributed by atoms with Crippen molar-refractivity contribution in [3.63, 3.8) is 0 Å². The van der Waals surface area contributed by atoms with E-state index in [2.05, 4.69) is 20.4 Å². The smallest absolute Gasteiger partial charge is 0.0346 e. The summed E-state index contributed by atoms with van der Waals surface area (Å²) in [6.07, 6.45) is 3.66. The Morgan fingerprint density at radius 1 is 1.60 bits per heavy atom. The van der Waals surface area contributed by atoms with Crippen molar-refractivity contribution in [3.05, 3.63) is 12.2 Å². The molecule has 0 aromatic carbocycles. The zero-order valence-corrected chi connectivity index (χ0v) is 7.24. The first-order valence-electron chi connectivity index (χ1n) is 5.29. The van der Waals surface area contributed by atoms with Crippen LogP contribution in [0.4, 0.5) is 0 Å². The molecule has 0 radical (unpaired) electrons. The second kappa shape index (κ2) is 5.52. The molecule has 0 heterocycles. The van der Waals surface area contributed by atoms with Gasteiger partial charge in [0.25, 0.3) is 0 Å². The van der Waals surface area contributed by atoms with Crippen molar-refractivity contribution < 1.29 is 2.74 Å². The molecular weight excluding hydrogens is 120 g/mol. The number of hydrogen-bond donors (Lipinski definition) is 0. The fourth-order valence-electron chi connectivity index (χ4n) is 0.957. The van der Waals surface area contributed by atoms with Gasteiger partial charge < -0.3 is 0 Å². The number of allylic oxidation sites excluding steroid dienone is 1. The lowest BCUT2D eigenvalue weighted by Gasteiger charge is -2.11. The van der Waals surface area contributed by atoms with E-state index in [1.165, 1.54) is 0 Å². The minimum absolute atomic E-state index is 0.152. The predicted octanol–water partition coefficient (Wildman–Crippen LogP) is 3.78. The highest BCUT2D eigenvalue weighted by atomic mass is 14.1. The van der Waals surface area contributed by atoms with E-state index in [0.717, 1.165) is 31.3 Å². The molecule has 0 aliphatic rings. The van der Waals surface area contributed by atoms with Gasteiger partial charge in [-0.3, -0.25) is 0 Å². The van der Waals surface area contributed by atoms with Crippen molar-refractivity contribution in [2.24, 2.45) is 5.89 Å². The molecule has 0 saturated carbocycles. The normalized spacial score (nSPS) is 19.0. The molecule has 0 nitrogen and oxygen atoms in total. The van der Waals surface area contributed by atoms with Gasteiger partial charge in [-0.25, -0.2) is 0 Å². The van der Waals surface area contributed by atoms with Crippen LogP contribution in [-0.4, -0.2) is 0 Å². The van der Waals surface area contributed by atoms with Crippen LogP contribution in [0.2, 0.25) is 0 Å². The third-order valence-corrected chi connectivity index (χ3v) is 1.60. The third-order valence-electron chi connectivity index (χ3n) is 1.60. The highest BCUT2D eigenvalue weighted by molar-refractivity contribution is 4.98. The maximum absolute atomic E-state index is 7.99. The zero-order valence-electron chi connectivity index (χ0n) is 9.24. The summed E-state index contributed by atoms with van der Waals surface area (Å²) in [6.45, 7) is 8.19. The average Bonchev–Trinajstić information content (AvgIpc) is 2.05. The highest BCUT2D eigenvalue weighted by Crippen LogP contribution is 2.18. The molecule has 0 amide bonds. The lowest BCUT2D eigenvalue weighted by atomic mass is 9.95. The zero-order chi connectivity index (χ0) is 9.61. The lowest BCUT2D eigenvalue weighted by molar-refractivity contribution is 0.578. The van der Waals surface area contributed by atoms with Gasteiger partial charge in [-0.2, -0.15) is 0 Å². The van der Waals surface area contributed by atoms with Crippen LogP contribution in [-0.2, 0) is 0 Å². The van der Waals surface area contributed by atoms with Crippen molar-refractivity contribution in [3.8, 4) is 0 Å². The van der Waals surface area contributed by atoms with Crippen molar-refractivity contribution in [2.45, 2.75) is 46.4 Å². The molecule has 10 heavy (non-hydrogen) atoms. The Bertz CT molecular complexity index is 143. The molecule has 1 unspecified atom stereocenters. The Hall–Kier alpha value is -0.260. The molecule has 0 bridgehead atoms. The van der Waals surface area contributed by atoms with Crippen LogP contribution < -0.4 is 0 Å². The molecule has 0 rings (SSSR count). The van der Waals surface area contributed by atoms with Gasteiger partial charge in [0.15, 0.2) is 0 Å². The van der Waals surface area contributed by atoms with Crippen LogP contribution in [0.5, 0.6) is 0 Å². The predicted molar refractivity (Wildman–Crippen MR) is 48.1 cm³/mol. The molecule has 0 N–H and O–H groups in total. The Morgan fingerprint density at radius 3 is 2.70 bits per heavy atom. The summed E-state index contributed by atoms with van der Waals surface area (Å²) in [5.41, 5.74) is 0.932. The van der Waals surface area contributed by atoms with Gasteiger partial charge in [0.1, 0.15) is 0 Å². The standard InChI is InChI=1S/C10H20/c1-5-7-9(3)10(4)8-6-2/h10H,3,5-8H2,1-2,4H3/i4D,10D. The fraction of sp³-hybridized carbons (Fsp3) is 0.800. The topological polar surface area (TPSA) is 0 Å².